The minimum absolute atomic E-state index is 0.0992. The van der Waals surface area contributed by atoms with Gasteiger partial charge in [-0.25, -0.2) is 14.4 Å². The first-order chi connectivity index (χ1) is 12.7. The van der Waals surface area contributed by atoms with Crippen LogP contribution in [0.1, 0.15) is 0 Å². The van der Waals surface area contributed by atoms with Crippen molar-refractivity contribution in [2.24, 2.45) is 0 Å². The lowest BCUT2D eigenvalue weighted by Gasteiger charge is -2.36. The molecule has 8 heteroatoms. The van der Waals surface area contributed by atoms with E-state index >= 15 is 0 Å². The molecular formula is C18H18FN5OS. The fourth-order valence-corrected chi connectivity index (χ4v) is 3.75. The highest BCUT2D eigenvalue weighted by Gasteiger charge is 2.21. The largest absolute Gasteiger partial charge is 0.368 e. The van der Waals surface area contributed by atoms with Gasteiger partial charge in [0.25, 0.3) is 0 Å². The lowest BCUT2D eigenvalue weighted by atomic mass is 10.2. The summed E-state index contributed by atoms with van der Waals surface area (Å²) in [5.41, 5.74) is 2.52. The summed E-state index contributed by atoms with van der Waals surface area (Å²) in [6, 6.07) is 10.2. The van der Waals surface area contributed by atoms with Crippen LogP contribution in [0.25, 0.3) is 11.2 Å². The summed E-state index contributed by atoms with van der Waals surface area (Å²) >= 11 is 1.39. The third-order valence-corrected chi connectivity index (χ3v) is 5.25. The highest BCUT2D eigenvalue weighted by molar-refractivity contribution is 7.99. The Balaban J connectivity index is 1.30. The number of anilines is 1. The van der Waals surface area contributed by atoms with E-state index in [4.69, 9.17) is 0 Å². The molecule has 1 aliphatic rings. The first-order valence-corrected chi connectivity index (χ1v) is 9.39. The Morgan fingerprint density at radius 3 is 2.65 bits per heavy atom. The molecule has 0 aliphatic carbocycles. The molecule has 6 nitrogen and oxygen atoms in total. The Morgan fingerprint density at radius 2 is 1.92 bits per heavy atom. The molecule has 1 fully saturated rings. The molecule has 0 spiro atoms. The lowest BCUT2D eigenvalue weighted by Crippen LogP contribution is -2.49. The summed E-state index contributed by atoms with van der Waals surface area (Å²) in [4.78, 5) is 28.2. The number of nitrogens with zero attached hydrogens (tertiary/aromatic N) is 4. The van der Waals surface area contributed by atoms with Gasteiger partial charge in [-0.15, -0.1) is 0 Å². The molecular weight excluding hydrogens is 353 g/mol. The first-order valence-electron chi connectivity index (χ1n) is 8.41. The Hall–Kier alpha value is -2.61. The van der Waals surface area contributed by atoms with Gasteiger partial charge < -0.3 is 14.8 Å². The van der Waals surface area contributed by atoms with Gasteiger partial charge in [-0.2, -0.15) is 0 Å². The van der Waals surface area contributed by atoms with Gasteiger partial charge in [-0.05, 0) is 36.4 Å². The molecule has 0 atom stereocenters. The first kappa shape index (κ1) is 16.8. The van der Waals surface area contributed by atoms with Crippen molar-refractivity contribution < 1.29 is 9.18 Å². The van der Waals surface area contributed by atoms with E-state index in [1.54, 1.807) is 18.3 Å². The molecule has 0 radical (unpaired) electrons. The van der Waals surface area contributed by atoms with E-state index in [9.17, 15) is 9.18 Å². The monoisotopic (exact) mass is 371 g/mol. The average molecular weight is 371 g/mol. The molecule has 1 N–H and O–H groups in total. The highest BCUT2D eigenvalue weighted by atomic mass is 32.2. The second-order valence-electron chi connectivity index (χ2n) is 6.05. The summed E-state index contributed by atoms with van der Waals surface area (Å²) < 4.78 is 13.0. The number of halogens is 1. The SMILES string of the molecule is O=C(CSc1nc2ncccc2[nH]1)N1CCN(c2ccc(F)cc2)CC1. The number of benzene rings is 1. The highest BCUT2D eigenvalue weighted by Crippen LogP contribution is 2.20. The maximum absolute atomic E-state index is 13.0. The second kappa shape index (κ2) is 7.33. The van der Waals surface area contributed by atoms with Crippen molar-refractivity contribution in [2.45, 2.75) is 5.16 Å². The van der Waals surface area contributed by atoms with E-state index < -0.39 is 0 Å². The molecule has 4 rings (SSSR count). The Kier molecular flexibility index (Phi) is 4.75. The summed E-state index contributed by atoms with van der Waals surface area (Å²) in [7, 11) is 0. The Bertz CT molecular complexity index is 872. The minimum atomic E-state index is -0.236. The lowest BCUT2D eigenvalue weighted by molar-refractivity contribution is -0.128. The van der Waals surface area contributed by atoms with E-state index in [0.29, 0.717) is 29.6 Å². The number of thioether (sulfide) groups is 1. The fourth-order valence-electron chi connectivity index (χ4n) is 2.98. The van der Waals surface area contributed by atoms with Crippen LogP contribution in [0.2, 0.25) is 0 Å². The number of carbonyl (C=O) groups excluding carboxylic acids is 1. The van der Waals surface area contributed by atoms with E-state index in [2.05, 4.69) is 19.9 Å². The predicted molar refractivity (Wildman–Crippen MR) is 99.8 cm³/mol. The van der Waals surface area contributed by atoms with Gasteiger partial charge in [-0.3, -0.25) is 4.79 Å². The molecule has 134 valence electrons. The number of hydrogen-bond donors (Lipinski definition) is 1. The Morgan fingerprint density at radius 1 is 1.15 bits per heavy atom. The number of nitrogens with one attached hydrogen (secondary N) is 1. The van der Waals surface area contributed by atoms with Crippen LogP contribution in [0.15, 0.2) is 47.8 Å². The van der Waals surface area contributed by atoms with E-state index in [1.165, 1.54) is 23.9 Å². The smallest absolute Gasteiger partial charge is 0.233 e. The number of piperazine rings is 1. The minimum Gasteiger partial charge on any atom is -0.368 e. The molecule has 2 aromatic heterocycles. The summed E-state index contributed by atoms with van der Waals surface area (Å²) in [5, 5.41) is 0.706. The zero-order valence-corrected chi connectivity index (χ0v) is 14.9. The number of carbonyl (C=O) groups is 1. The van der Waals surface area contributed by atoms with Crippen molar-refractivity contribution in [3.63, 3.8) is 0 Å². The number of hydrogen-bond acceptors (Lipinski definition) is 5. The van der Waals surface area contributed by atoms with Gasteiger partial charge >= 0.3 is 0 Å². The van der Waals surface area contributed by atoms with Gasteiger partial charge in [-0.1, -0.05) is 11.8 Å². The van der Waals surface area contributed by atoms with E-state index in [0.717, 1.165) is 24.3 Å². The van der Waals surface area contributed by atoms with Crippen molar-refractivity contribution >= 4 is 34.5 Å². The summed E-state index contributed by atoms with van der Waals surface area (Å²) in [5.74, 6) is 0.207. The van der Waals surface area contributed by atoms with Gasteiger partial charge in [0, 0.05) is 38.1 Å². The quantitative estimate of drug-likeness (QED) is 0.714. The molecule has 3 heterocycles. The number of H-pyrrole nitrogens is 1. The number of pyridine rings is 1. The molecule has 1 aromatic carbocycles. The van der Waals surface area contributed by atoms with Crippen LogP contribution < -0.4 is 4.90 Å². The third kappa shape index (κ3) is 3.65. The topological polar surface area (TPSA) is 65.1 Å². The average Bonchev–Trinajstić information content (AvgIpc) is 3.10. The summed E-state index contributed by atoms with van der Waals surface area (Å²) in [6.07, 6.45) is 1.70. The number of imidazole rings is 1. The molecule has 1 amide bonds. The number of aromatic amines is 1. The number of amides is 1. The molecule has 3 aromatic rings. The maximum Gasteiger partial charge on any atom is 0.233 e. The zero-order valence-electron chi connectivity index (χ0n) is 14.1. The van der Waals surface area contributed by atoms with Crippen LogP contribution in [0.3, 0.4) is 0 Å². The van der Waals surface area contributed by atoms with Crippen LogP contribution in [0.4, 0.5) is 10.1 Å². The van der Waals surface area contributed by atoms with Crippen molar-refractivity contribution in [3.8, 4) is 0 Å². The standard InChI is InChI=1S/C18H18FN5OS/c19-13-3-5-14(6-4-13)23-8-10-24(11-9-23)16(25)12-26-18-21-15-2-1-7-20-17(15)22-18/h1-7H,8-12H2,(H,20,21,22). The van der Waals surface area contributed by atoms with Crippen molar-refractivity contribution in [1.82, 2.24) is 19.9 Å². The van der Waals surface area contributed by atoms with Gasteiger partial charge in [0.2, 0.25) is 5.91 Å². The number of fused-ring (bicyclic) bond motifs is 1. The Labute approximate surface area is 154 Å². The van der Waals surface area contributed by atoms with E-state index in [1.807, 2.05) is 17.0 Å². The van der Waals surface area contributed by atoms with Crippen LogP contribution in [0, 0.1) is 5.82 Å². The fraction of sp³-hybridized carbons (Fsp3) is 0.278. The molecule has 0 saturated carbocycles. The van der Waals surface area contributed by atoms with Crippen molar-refractivity contribution in [2.75, 3.05) is 36.8 Å². The van der Waals surface area contributed by atoms with Gasteiger partial charge in [0.05, 0.1) is 11.3 Å². The van der Waals surface area contributed by atoms with Crippen LogP contribution in [-0.2, 0) is 4.79 Å². The molecule has 0 unspecified atom stereocenters. The normalized spacial score (nSPS) is 14.8. The molecule has 1 saturated heterocycles. The maximum atomic E-state index is 13.0. The van der Waals surface area contributed by atoms with Crippen LogP contribution in [0.5, 0.6) is 0 Å². The second-order valence-corrected chi connectivity index (χ2v) is 7.01. The van der Waals surface area contributed by atoms with Crippen LogP contribution >= 0.6 is 11.8 Å². The van der Waals surface area contributed by atoms with Crippen LogP contribution in [-0.4, -0.2) is 57.7 Å². The molecule has 1 aliphatic heterocycles. The molecule has 26 heavy (non-hydrogen) atoms. The van der Waals surface area contributed by atoms with Gasteiger partial charge in [0.15, 0.2) is 10.8 Å². The number of aromatic nitrogens is 3. The third-order valence-electron chi connectivity index (χ3n) is 4.39. The molecule has 0 bridgehead atoms. The summed E-state index contributed by atoms with van der Waals surface area (Å²) in [6.45, 7) is 2.82. The van der Waals surface area contributed by atoms with Crippen molar-refractivity contribution in [3.05, 3.63) is 48.4 Å². The van der Waals surface area contributed by atoms with Crippen molar-refractivity contribution in [1.29, 1.82) is 0 Å². The number of rotatable bonds is 4. The predicted octanol–water partition coefficient (Wildman–Crippen LogP) is 2.54. The van der Waals surface area contributed by atoms with Gasteiger partial charge in [0.1, 0.15) is 5.82 Å². The zero-order chi connectivity index (χ0) is 17.9. The van der Waals surface area contributed by atoms with E-state index in [-0.39, 0.29) is 11.7 Å².